The van der Waals surface area contributed by atoms with E-state index in [0.29, 0.717) is 13.2 Å². The molecule has 4 nitrogen and oxygen atoms in total. The van der Waals surface area contributed by atoms with Crippen LogP contribution in [0.5, 0.6) is 0 Å². The Kier molecular flexibility index (Phi) is 3.56. The number of para-hydroxylation sites is 1. The van der Waals surface area contributed by atoms with Gasteiger partial charge in [-0.2, -0.15) is 0 Å². The van der Waals surface area contributed by atoms with Gasteiger partial charge in [-0.15, -0.1) is 6.58 Å². The fraction of sp³-hybridized carbons (Fsp3) is 0.312. The Morgan fingerprint density at radius 2 is 2.40 bits per heavy atom. The first kappa shape index (κ1) is 12.9. The minimum absolute atomic E-state index is 0.0720. The van der Waals surface area contributed by atoms with Crippen molar-refractivity contribution in [2.75, 3.05) is 19.7 Å². The van der Waals surface area contributed by atoms with Crippen molar-refractivity contribution in [1.29, 1.82) is 0 Å². The molecule has 1 N–H and O–H groups in total. The molecule has 0 bridgehead atoms. The van der Waals surface area contributed by atoms with Gasteiger partial charge in [0.15, 0.2) is 0 Å². The Hall–Kier alpha value is -2.07. The Balaban J connectivity index is 1.76. The molecule has 0 radical (unpaired) electrons. The molecule has 0 aliphatic carbocycles. The molecular formula is C16H18N2O2. The monoisotopic (exact) mass is 270 g/mol. The minimum atomic E-state index is 0.0720. The zero-order chi connectivity index (χ0) is 13.9. The van der Waals surface area contributed by atoms with Gasteiger partial charge in [-0.3, -0.25) is 4.79 Å². The maximum Gasteiger partial charge on any atom is 0.256 e. The van der Waals surface area contributed by atoms with E-state index in [2.05, 4.69) is 11.6 Å². The van der Waals surface area contributed by atoms with E-state index in [0.717, 1.165) is 29.4 Å². The third-order valence-corrected chi connectivity index (χ3v) is 3.70. The van der Waals surface area contributed by atoms with E-state index < -0.39 is 0 Å². The quantitative estimate of drug-likeness (QED) is 0.868. The minimum Gasteiger partial charge on any atom is -0.372 e. The molecule has 104 valence electrons. The fourth-order valence-electron chi connectivity index (χ4n) is 2.69. The second kappa shape index (κ2) is 5.51. The standard InChI is InChI=1S/C16H18N2O2/c1-2-10-20-13-7-9-18(11-13)16(19)14-5-3-4-12-6-8-17-15(12)14/h2-6,8,13,17H,1,7,9-11H2/t13-/m0/s1. The van der Waals surface area contributed by atoms with Crippen molar-refractivity contribution in [2.24, 2.45) is 0 Å². The summed E-state index contributed by atoms with van der Waals surface area (Å²) in [5.74, 6) is 0.0720. The molecule has 1 aromatic heterocycles. The first-order chi connectivity index (χ1) is 9.79. The van der Waals surface area contributed by atoms with Gasteiger partial charge < -0.3 is 14.6 Å². The number of nitrogens with zero attached hydrogens (tertiary/aromatic N) is 1. The highest BCUT2D eigenvalue weighted by atomic mass is 16.5. The molecule has 3 rings (SSSR count). The van der Waals surface area contributed by atoms with Crippen molar-refractivity contribution < 1.29 is 9.53 Å². The maximum atomic E-state index is 12.6. The Morgan fingerprint density at radius 1 is 1.50 bits per heavy atom. The van der Waals surface area contributed by atoms with Crippen molar-refractivity contribution in [3.8, 4) is 0 Å². The molecule has 1 saturated heterocycles. The van der Waals surface area contributed by atoms with Gasteiger partial charge in [0.1, 0.15) is 0 Å². The molecule has 0 spiro atoms. The Labute approximate surface area is 118 Å². The molecule has 2 aromatic rings. The van der Waals surface area contributed by atoms with Crippen LogP contribution in [0, 0.1) is 0 Å². The number of fused-ring (bicyclic) bond motifs is 1. The van der Waals surface area contributed by atoms with Gasteiger partial charge in [-0.25, -0.2) is 0 Å². The third-order valence-electron chi connectivity index (χ3n) is 3.70. The molecule has 1 aromatic carbocycles. The molecule has 1 atom stereocenters. The number of carbonyl (C=O) groups is 1. The van der Waals surface area contributed by atoms with Crippen LogP contribution in [-0.2, 0) is 4.74 Å². The number of likely N-dealkylation sites (tertiary alicyclic amines) is 1. The summed E-state index contributed by atoms with van der Waals surface area (Å²) in [7, 11) is 0. The fourth-order valence-corrected chi connectivity index (χ4v) is 2.69. The second-order valence-corrected chi connectivity index (χ2v) is 5.03. The number of H-pyrrole nitrogens is 1. The molecule has 0 unspecified atom stereocenters. The number of hydrogen-bond donors (Lipinski definition) is 1. The highest BCUT2D eigenvalue weighted by Gasteiger charge is 2.28. The number of hydrogen-bond acceptors (Lipinski definition) is 2. The summed E-state index contributed by atoms with van der Waals surface area (Å²) >= 11 is 0. The van der Waals surface area contributed by atoms with E-state index in [4.69, 9.17) is 4.74 Å². The molecule has 20 heavy (non-hydrogen) atoms. The van der Waals surface area contributed by atoms with Crippen LogP contribution in [0.1, 0.15) is 16.8 Å². The second-order valence-electron chi connectivity index (χ2n) is 5.03. The zero-order valence-corrected chi connectivity index (χ0v) is 11.3. The normalized spacial score (nSPS) is 18.6. The summed E-state index contributed by atoms with van der Waals surface area (Å²) < 4.78 is 5.62. The predicted molar refractivity (Wildman–Crippen MR) is 78.8 cm³/mol. The lowest BCUT2D eigenvalue weighted by molar-refractivity contribution is 0.0655. The number of rotatable bonds is 4. The van der Waals surface area contributed by atoms with Crippen LogP contribution in [-0.4, -0.2) is 41.6 Å². The average molecular weight is 270 g/mol. The molecule has 2 heterocycles. The number of aromatic amines is 1. The van der Waals surface area contributed by atoms with E-state index >= 15 is 0 Å². The molecule has 1 aliphatic rings. The van der Waals surface area contributed by atoms with Crippen molar-refractivity contribution in [3.05, 3.63) is 48.7 Å². The van der Waals surface area contributed by atoms with Crippen molar-refractivity contribution in [2.45, 2.75) is 12.5 Å². The maximum absolute atomic E-state index is 12.6. The van der Waals surface area contributed by atoms with E-state index in [-0.39, 0.29) is 12.0 Å². The lowest BCUT2D eigenvalue weighted by atomic mass is 10.1. The number of benzene rings is 1. The van der Waals surface area contributed by atoms with E-state index in [1.807, 2.05) is 35.4 Å². The number of carbonyl (C=O) groups excluding carboxylic acids is 1. The SMILES string of the molecule is C=CCO[C@H]1CCN(C(=O)c2cccc3cc[nH]c23)C1. The Morgan fingerprint density at radius 3 is 3.25 bits per heavy atom. The Bertz CT molecular complexity index is 632. The van der Waals surface area contributed by atoms with E-state index in [9.17, 15) is 4.79 Å². The number of amides is 1. The average Bonchev–Trinajstić information content (AvgIpc) is 3.12. The highest BCUT2D eigenvalue weighted by Crippen LogP contribution is 2.21. The molecular weight excluding hydrogens is 252 g/mol. The topological polar surface area (TPSA) is 45.3 Å². The number of ether oxygens (including phenoxy) is 1. The molecule has 1 aliphatic heterocycles. The van der Waals surface area contributed by atoms with Gasteiger partial charge in [0, 0.05) is 24.7 Å². The van der Waals surface area contributed by atoms with E-state index in [1.54, 1.807) is 6.08 Å². The largest absolute Gasteiger partial charge is 0.372 e. The van der Waals surface area contributed by atoms with Crippen molar-refractivity contribution in [3.63, 3.8) is 0 Å². The third kappa shape index (κ3) is 2.34. The van der Waals surface area contributed by atoms with Gasteiger partial charge >= 0.3 is 0 Å². The summed E-state index contributed by atoms with van der Waals surface area (Å²) in [6, 6.07) is 7.78. The summed E-state index contributed by atoms with van der Waals surface area (Å²) in [6.07, 6.45) is 4.62. The van der Waals surface area contributed by atoms with Crippen LogP contribution in [0.15, 0.2) is 43.1 Å². The molecule has 4 heteroatoms. The van der Waals surface area contributed by atoms with Crippen LogP contribution in [0.25, 0.3) is 10.9 Å². The van der Waals surface area contributed by atoms with Gasteiger partial charge in [0.05, 0.1) is 23.8 Å². The van der Waals surface area contributed by atoms with Crippen molar-refractivity contribution in [1.82, 2.24) is 9.88 Å². The van der Waals surface area contributed by atoms with Crippen LogP contribution in [0.3, 0.4) is 0 Å². The number of aromatic nitrogens is 1. The van der Waals surface area contributed by atoms with Crippen molar-refractivity contribution >= 4 is 16.8 Å². The summed E-state index contributed by atoms with van der Waals surface area (Å²) in [5, 5.41) is 1.06. The van der Waals surface area contributed by atoms with Crippen LogP contribution < -0.4 is 0 Å². The summed E-state index contributed by atoms with van der Waals surface area (Å²) in [4.78, 5) is 17.6. The highest BCUT2D eigenvalue weighted by molar-refractivity contribution is 6.05. The molecule has 1 fully saturated rings. The lowest BCUT2D eigenvalue weighted by Crippen LogP contribution is -2.30. The van der Waals surface area contributed by atoms with Gasteiger partial charge in [-0.05, 0) is 18.6 Å². The smallest absolute Gasteiger partial charge is 0.256 e. The van der Waals surface area contributed by atoms with Gasteiger partial charge in [0.25, 0.3) is 5.91 Å². The lowest BCUT2D eigenvalue weighted by Gasteiger charge is -2.17. The number of nitrogens with one attached hydrogen (secondary N) is 1. The summed E-state index contributed by atoms with van der Waals surface area (Å²) in [5.41, 5.74) is 1.64. The van der Waals surface area contributed by atoms with Gasteiger partial charge in [-0.1, -0.05) is 18.2 Å². The first-order valence-electron chi connectivity index (χ1n) is 6.87. The zero-order valence-electron chi connectivity index (χ0n) is 11.3. The first-order valence-corrected chi connectivity index (χ1v) is 6.87. The predicted octanol–water partition coefficient (Wildman–Crippen LogP) is 2.59. The van der Waals surface area contributed by atoms with Crippen LogP contribution in [0.4, 0.5) is 0 Å². The van der Waals surface area contributed by atoms with Gasteiger partial charge in [0.2, 0.25) is 0 Å². The van der Waals surface area contributed by atoms with E-state index in [1.165, 1.54) is 0 Å². The molecule has 0 saturated carbocycles. The summed E-state index contributed by atoms with van der Waals surface area (Å²) in [6.45, 7) is 5.59. The molecule has 1 amide bonds. The van der Waals surface area contributed by atoms with Crippen LogP contribution >= 0.6 is 0 Å². The van der Waals surface area contributed by atoms with Crippen LogP contribution in [0.2, 0.25) is 0 Å².